The van der Waals surface area contributed by atoms with Crippen LogP contribution < -0.4 is 20.1 Å². The monoisotopic (exact) mass is 380 g/mol. The summed E-state index contributed by atoms with van der Waals surface area (Å²) in [5.41, 5.74) is 1.29. The van der Waals surface area contributed by atoms with Gasteiger partial charge >= 0.3 is 0 Å². The Labute approximate surface area is 162 Å². The number of rotatable bonds is 7. The molecule has 7 heteroatoms. The van der Waals surface area contributed by atoms with Crippen LogP contribution in [0.5, 0.6) is 11.5 Å². The van der Waals surface area contributed by atoms with Crippen LogP contribution in [0.15, 0.2) is 65.3 Å². The molecule has 2 amide bonds. The standard InChI is InChI=1S/C21H20N2O5/c1-26-18-9-8-16(12-19(18)27-2)23-21(25)15-6-3-5-14(11-15)20(24)22-13-17-7-4-10-28-17/h3-12H,13H2,1-2H3,(H,22,24)(H,23,25). The molecule has 0 unspecified atom stereocenters. The van der Waals surface area contributed by atoms with E-state index in [-0.39, 0.29) is 18.4 Å². The van der Waals surface area contributed by atoms with Gasteiger partial charge in [-0.2, -0.15) is 0 Å². The molecule has 2 N–H and O–H groups in total. The third kappa shape index (κ3) is 4.50. The van der Waals surface area contributed by atoms with Crippen molar-refractivity contribution in [2.24, 2.45) is 0 Å². The molecule has 3 rings (SSSR count). The first-order chi connectivity index (χ1) is 13.6. The Hall–Kier alpha value is -3.74. The van der Waals surface area contributed by atoms with Gasteiger partial charge < -0.3 is 24.5 Å². The van der Waals surface area contributed by atoms with E-state index in [0.29, 0.717) is 34.1 Å². The molecule has 0 aliphatic heterocycles. The van der Waals surface area contributed by atoms with Gasteiger partial charge in [-0.05, 0) is 42.5 Å². The van der Waals surface area contributed by atoms with E-state index in [4.69, 9.17) is 13.9 Å². The molecule has 0 atom stereocenters. The number of methoxy groups -OCH3 is 2. The van der Waals surface area contributed by atoms with Gasteiger partial charge in [0.1, 0.15) is 5.76 Å². The van der Waals surface area contributed by atoms with E-state index in [9.17, 15) is 9.59 Å². The van der Waals surface area contributed by atoms with Gasteiger partial charge in [0.25, 0.3) is 11.8 Å². The van der Waals surface area contributed by atoms with Gasteiger partial charge in [-0.1, -0.05) is 6.07 Å². The second-order valence-electron chi connectivity index (χ2n) is 5.87. The Morgan fingerprint density at radius 3 is 2.32 bits per heavy atom. The van der Waals surface area contributed by atoms with Crippen LogP contribution in [0, 0.1) is 0 Å². The third-order valence-electron chi connectivity index (χ3n) is 4.03. The molecule has 0 saturated carbocycles. The number of hydrogen-bond donors (Lipinski definition) is 2. The van der Waals surface area contributed by atoms with Gasteiger partial charge in [-0.15, -0.1) is 0 Å². The number of anilines is 1. The minimum Gasteiger partial charge on any atom is -0.493 e. The van der Waals surface area contributed by atoms with Crippen molar-refractivity contribution in [3.63, 3.8) is 0 Å². The van der Waals surface area contributed by atoms with Gasteiger partial charge in [-0.3, -0.25) is 9.59 Å². The molecule has 0 bridgehead atoms. The fourth-order valence-electron chi connectivity index (χ4n) is 2.60. The minimum absolute atomic E-state index is 0.272. The molecule has 0 fully saturated rings. The predicted octanol–water partition coefficient (Wildman–Crippen LogP) is 3.48. The van der Waals surface area contributed by atoms with Gasteiger partial charge in [0.2, 0.25) is 0 Å². The first-order valence-corrected chi connectivity index (χ1v) is 8.54. The molecule has 2 aromatic carbocycles. The lowest BCUT2D eigenvalue weighted by atomic mass is 10.1. The molecule has 7 nitrogen and oxygen atoms in total. The van der Waals surface area contributed by atoms with Crippen molar-refractivity contribution in [1.29, 1.82) is 0 Å². The number of benzene rings is 2. The Balaban J connectivity index is 1.69. The fraction of sp³-hybridized carbons (Fsp3) is 0.143. The zero-order chi connectivity index (χ0) is 19.9. The van der Waals surface area contributed by atoms with E-state index in [0.717, 1.165) is 0 Å². The molecule has 144 valence electrons. The molecule has 0 saturated heterocycles. The maximum atomic E-state index is 12.6. The molecule has 28 heavy (non-hydrogen) atoms. The second-order valence-corrected chi connectivity index (χ2v) is 5.87. The van der Waals surface area contributed by atoms with Crippen LogP contribution in [-0.4, -0.2) is 26.0 Å². The molecule has 0 spiro atoms. The summed E-state index contributed by atoms with van der Waals surface area (Å²) in [5.74, 6) is 1.09. The van der Waals surface area contributed by atoms with E-state index in [1.165, 1.54) is 13.2 Å². The predicted molar refractivity (Wildman–Crippen MR) is 104 cm³/mol. The fourth-order valence-corrected chi connectivity index (χ4v) is 2.60. The zero-order valence-electron chi connectivity index (χ0n) is 15.5. The van der Waals surface area contributed by atoms with Crippen LogP contribution in [0.3, 0.4) is 0 Å². The lowest BCUT2D eigenvalue weighted by Crippen LogP contribution is -2.23. The van der Waals surface area contributed by atoms with Crippen molar-refractivity contribution < 1.29 is 23.5 Å². The van der Waals surface area contributed by atoms with Crippen molar-refractivity contribution >= 4 is 17.5 Å². The van der Waals surface area contributed by atoms with Crippen LogP contribution in [0.25, 0.3) is 0 Å². The van der Waals surface area contributed by atoms with E-state index >= 15 is 0 Å². The summed E-state index contributed by atoms with van der Waals surface area (Å²) in [5, 5.41) is 5.53. The number of furan rings is 1. The maximum Gasteiger partial charge on any atom is 0.255 e. The highest BCUT2D eigenvalue weighted by atomic mass is 16.5. The Kier molecular flexibility index (Phi) is 5.96. The van der Waals surface area contributed by atoms with E-state index in [2.05, 4.69) is 10.6 Å². The summed E-state index contributed by atoms with van der Waals surface area (Å²) in [6, 6.07) is 15.1. The summed E-state index contributed by atoms with van der Waals surface area (Å²) in [7, 11) is 3.06. The Morgan fingerprint density at radius 2 is 1.64 bits per heavy atom. The van der Waals surface area contributed by atoms with Crippen molar-refractivity contribution in [3.8, 4) is 11.5 Å². The lowest BCUT2D eigenvalue weighted by Gasteiger charge is -2.11. The number of carbonyl (C=O) groups excluding carboxylic acids is 2. The normalized spacial score (nSPS) is 10.2. The third-order valence-corrected chi connectivity index (χ3v) is 4.03. The van der Waals surface area contributed by atoms with Gasteiger partial charge in [0, 0.05) is 22.9 Å². The van der Waals surface area contributed by atoms with Gasteiger partial charge in [-0.25, -0.2) is 0 Å². The maximum absolute atomic E-state index is 12.6. The molecular weight excluding hydrogens is 360 g/mol. The van der Waals surface area contributed by atoms with E-state index in [1.807, 2.05) is 0 Å². The molecule has 1 aromatic heterocycles. The molecule has 3 aromatic rings. The minimum atomic E-state index is -0.340. The number of ether oxygens (including phenoxy) is 2. The van der Waals surface area contributed by atoms with Gasteiger partial charge in [0.15, 0.2) is 11.5 Å². The summed E-state index contributed by atoms with van der Waals surface area (Å²) in [6.45, 7) is 0.272. The van der Waals surface area contributed by atoms with Crippen LogP contribution >= 0.6 is 0 Å². The largest absolute Gasteiger partial charge is 0.493 e. The van der Waals surface area contributed by atoms with Crippen LogP contribution in [0.2, 0.25) is 0 Å². The first kappa shape index (κ1) is 19.0. The van der Waals surface area contributed by atoms with E-state index in [1.54, 1.807) is 61.9 Å². The molecule has 0 radical (unpaired) electrons. The van der Waals surface area contributed by atoms with Crippen molar-refractivity contribution in [3.05, 3.63) is 77.7 Å². The first-order valence-electron chi connectivity index (χ1n) is 8.54. The number of amides is 2. The summed E-state index contributed by atoms with van der Waals surface area (Å²) >= 11 is 0. The quantitative estimate of drug-likeness (QED) is 0.655. The second kappa shape index (κ2) is 8.77. The molecule has 1 heterocycles. The summed E-state index contributed by atoms with van der Waals surface area (Å²) in [4.78, 5) is 24.9. The van der Waals surface area contributed by atoms with Crippen molar-refractivity contribution in [1.82, 2.24) is 5.32 Å². The Morgan fingerprint density at radius 1 is 0.893 bits per heavy atom. The van der Waals surface area contributed by atoms with Crippen LogP contribution in [0.1, 0.15) is 26.5 Å². The average molecular weight is 380 g/mol. The highest BCUT2D eigenvalue weighted by molar-refractivity contribution is 6.06. The molecular formula is C21H20N2O5. The molecule has 0 aliphatic carbocycles. The highest BCUT2D eigenvalue weighted by Crippen LogP contribution is 2.29. The van der Waals surface area contributed by atoms with Crippen LogP contribution in [0.4, 0.5) is 5.69 Å². The SMILES string of the molecule is COc1ccc(NC(=O)c2cccc(C(=O)NCc3ccco3)c2)cc1OC. The number of hydrogen-bond acceptors (Lipinski definition) is 5. The number of carbonyl (C=O) groups is 2. The number of nitrogens with one attached hydrogen (secondary N) is 2. The summed E-state index contributed by atoms with van der Waals surface area (Å²) in [6.07, 6.45) is 1.54. The molecule has 0 aliphatic rings. The zero-order valence-corrected chi connectivity index (χ0v) is 15.5. The lowest BCUT2D eigenvalue weighted by molar-refractivity contribution is 0.0948. The van der Waals surface area contributed by atoms with Crippen LogP contribution in [-0.2, 0) is 6.54 Å². The Bertz CT molecular complexity index is 967. The highest BCUT2D eigenvalue weighted by Gasteiger charge is 2.12. The van der Waals surface area contributed by atoms with Crippen molar-refractivity contribution in [2.75, 3.05) is 19.5 Å². The van der Waals surface area contributed by atoms with Gasteiger partial charge in [0.05, 0.1) is 27.0 Å². The van der Waals surface area contributed by atoms with E-state index < -0.39 is 0 Å². The smallest absolute Gasteiger partial charge is 0.255 e. The average Bonchev–Trinajstić information content (AvgIpc) is 3.25. The summed E-state index contributed by atoms with van der Waals surface area (Å²) < 4.78 is 15.6. The topological polar surface area (TPSA) is 89.8 Å². The van der Waals surface area contributed by atoms with Crippen molar-refractivity contribution in [2.45, 2.75) is 6.54 Å².